The molecule has 0 bridgehead atoms. The molecule has 1 spiro atoms. The summed E-state index contributed by atoms with van der Waals surface area (Å²) in [5.41, 5.74) is 0. The Morgan fingerprint density at radius 1 is 1.14 bits per heavy atom. The lowest BCUT2D eigenvalue weighted by Crippen LogP contribution is -2.29. The highest BCUT2D eigenvalue weighted by atomic mass is 16.7. The van der Waals surface area contributed by atoms with Crippen LogP contribution in [0.25, 0.3) is 0 Å². The molecule has 0 radical (unpaired) electrons. The molecule has 2 fully saturated rings. The van der Waals surface area contributed by atoms with Crippen molar-refractivity contribution in [1.29, 1.82) is 0 Å². The molecular weight excluding hydrogens is 180 g/mol. The number of rotatable bonds is 2. The Bertz CT molecular complexity index is 175. The van der Waals surface area contributed by atoms with E-state index < -0.39 is 0 Å². The van der Waals surface area contributed by atoms with Crippen LogP contribution in [0.2, 0.25) is 0 Å². The lowest BCUT2D eigenvalue weighted by Gasteiger charge is -2.25. The third-order valence-electron chi connectivity index (χ3n) is 3.45. The van der Waals surface area contributed by atoms with Gasteiger partial charge in [0, 0.05) is 19.4 Å². The quantitative estimate of drug-likeness (QED) is 0.737. The first kappa shape index (κ1) is 10.4. The molecule has 1 aliphatic carbocycles. The molecule has 3 nitrogen and oxygen atoms in total. The lowest BCUT2D eigenvalue weighted by molar-refractivity contribution is -0.165. The van der Waals surface area contributed by atoms with Gasteiger partial charge in [0.15, 0.2) is 5.79 Å². The summed E-state index contributed by atoms with van der Waals surface area (Å²) in [5.74, 6) is 0.427. The highest BCUT2D eigenvalue weighted by Crippen LogP contribution is 2.37. The van der Waals surface area contributed by atoms with Gasteiger partial charge in [-0.2, -0.15) is 0 Å². The summed E-state index contributed by atoms with van der Waals surface area (Å²) in [5, 5.41) is 8.90. The van der Waals surface area contributed by atoms with E-state index in [-0.39, 0.29) is 5.79 Å². The third-order valence-corrected chi connectivity index (χ3v) is 3.45. The van der Waals surface area contributed by atoms with Crippen LogP contribution in [0, 0.1) is 5.92 Å². The van der Waals surface area contributed by atoms with E-state index in [1.165, 1.54) is 12.8 Å². The van der Waals surface area contributed by atoms with E-state index in [4.69, 9.17) is 14.6 Å². The van der Waals surface area contributed by atoms with Gasteiger partial charge in [-0.15, -0.1) is 0 Å². The molecule has 0 aromatic heterocycles. The summed E-state index contributed by atoms with van der Waals surface area (Å²) in [6.45, 7) is 1.83. The Hall–Kier alpha value is -0.120. The zero-order valence-electron chi connectivity index (χ0n) is 8.71. The smallest absolute Gasteiger partial charge is 0.168 e. The van der Waals surface area contributed by atoms with E-state index in [2.05, 4.69) is 0 Å². The normalized spacial score (nSPS) is 31.9. The summed E-state index contributed by atoms with van der Waals surface area (Å²) in [6.07, 6.45) is 6.52. The first-order valence-electron chi connectivity index (χ1n) is 5.73. The van der Waals surface area contributed by atoms with Gasteiger partial charge in [-0.1, -0.05) is 6.42 Å². The largest absolute Gasteiger partial charge is 0.396 e. The molecule has 2 aliphatic rings. The molecule has 14 heavy (non-hydrogen) atoms. The molecule has 82 valence electrons. The van der Waals surface area contributed by atoms with Gasteiger partial charge in [-0.25, -0.2) is 0 Å². The van der Waals surface area contributed by atoms with Crippen LogP contribution in [0.5, 0.6) is 0 Å². The molecule has 1 saturated carbocycles. The third kappa shape index (κ3) is 2.27. The summed E-state index contributed by atoms with van der Waals surface area (Å²) in [7, 11) is 0. The van der Waals surface area contributed by atoms with Gasteiger partial charge in [-0.05, 0) is 25.2 Å². The molecule has 1 heterocycles. The van der Waals surface area contributed by atoms with Gasteiger partial charge in [0.05, 0.1) is 13.2 Å². The summed E-state index contributed by atoms with van der Waals surface area (Å²) in [4.78, 5) is 0. The summed E-state index contributed by atoms with van der Waals surface area (Å²) < 4.78 is 11.4. The average Bonchev–Trinajstić information content (AvgIpc) is 2.54. The van der Waals surface area contributed by atoms with Crippen LogP contribution in [0.4, 0.5) is 0 Å². The highest BCUT2D eigenvalue weighted by Gasteiger charge is 2.38. The van der Waals surface area contributed by atoms with Crippen LogP contribution in [0.1, 0.15) is 38.5 Å². The van der Waals surface area contributed by atoms with Gasteiger partial charge in [0.2, 0.25) is 0 Å². The SMILES string of the molecule is OCCC1CCCC2(CC1)OCCO2. The average molecular weight is 200 g/mol. The Labute approximate surface area is 85.4 Å². The van der Waals surface area contributed by atoms with Gasteiger partial charge in [0.25, 0.3) is 0 Å². The number of hydrogen-bond acceptors (Lipinski definition) is 3. The Balaban J connectivity index is 1.87. The Morgan fingerprint density at radius 2 is 1.93 bits per heavy atom. The molecular formula is C11H20O3. The molecule has 0 aromatic rings. The maximum Gasteiger partial charge on any atom is 0.168 e. The lowest BCUT2D eigenvalue weighted by atomic mass is 9.97. The molecule has 1 N–H and O–H groups in total. The topological polar surface area (TPSA) is 38.7 Å². The number of aliphatic hydroxyl groups excluding tert-OH is 1. The molecule has 3 heteroatoms. The number of aliphatic hydroxyl groups is 1. The van der Waals surface area contributed by atoms with Crippen LogP contribution in [0.3, 0.4) is 0 Å². The van der Waals surface area contributed by atoms with Crippen molar-refractivity contribution in [2.45, 2.75) is 44.3 Å². The number of ether oxygens (including phenoxy) is 2. The van der Waals surface area contributed by atoms with Crippen molar-refractivity contribution in [2.24, 2.45) is 5.92 Å². The summed E-state index contributed by atoms with van der Waals surface area (Å²) >= 11 is 0. The second-order valence-corrected chi connectivity index (χ2v) is 4.42. The second-order valence-electron chi connectivity index (χ2n) is 4.42. The van der Waals surface area contributed by atoms with E-state index in [0.29, 0.717) is 12.5 Å². The Kier molecular flexibility index (Phi) is 3.42. The maximum absolute atomic E-state index is 8.90. The van der Waals surface area contributed by atoms with Crippen LogP contribution in [0.15, 0.2) is 0 Å². The van der Waals surface area contributed by atoms with E-state index in [0.717, 1.165) is 38.9 Å². The predicted octanol–water partition coefficient (Wildman–Crippen LogP) is 1.69. The van der Waals surface area contributed by atoms with E-state index in [1.807, 2.05) is 0 Å². The maximum atomic E-state index is 8.90. The van der Waals surface area contributed by atoms with Crippen molar-refractivity contribution in [2.75, 3.05) is 19.8 Å². The minimum absolute atomic E-state index is 0.246. The molecule has 2 rings (SSSR count). The predicted molar refractivity (Wildman–Crippen MR) is 52.9 cm³/mol. The standard InChI is InChI=1S/C11H20O3/c12-7-4-10-2-1-5-11(6-3-10)13-8-9-14-11/h10,12H,1-9H2. The van der Waals surface area contributed by atoms with Gasteiger partial charge >= 0.3 is 0 Å². The number of hydrogen-bond donors (Lipinski definition) is 1. The van der Waals surface area contributed by atoms with Crippen molar-refractivity contribution < 1.29 is 14.6 Å². The van der Waals surface area contributed by atoms with Crippen molar-refractivity contribution >= 4 is 0 Å². The van der Waals surface area contributed by atoms with Crippen molar-refractivity contribution in [3.8, 4) is 0 Å². The zero-order valence-corrected chi connectivity index (χ0v) is 8.71. The van der Waals surface area contributed by atoms with Crippen LogP contribution >= 0.6 is 0 Å². The van der Waals surface area contributed by atoms with Gasteiger partial charge < -0.3 is 14.6 Å². The second kappa shape index (κ2) is 4.60. The van der Waals surface area contributed by atoms with Crippen LogP contribution in [-0.2, 0) is 9.47 Å². The van der Waals surface area contributed by atoms with Crippen LogP contribution < -0.4 is 0 Å². The van der Waals surface area contributed by atoms with Crippen molar-refractivity contribution in [3.63, 3.8) is 0 Å². The first-order chi connectivity index (χ1) is 6.85. The van der Waals surface area contributed by atoms with E-state index >= 15 is 0 Å². The molecule has 1 aliphatic heterocycles. The van der Waals surface area contributed by atoms with Crippen LogP contribution in [-0.4, -0.2) is 30.7 Å². The minimum atomic E-state index is -0.246. The fraction of sp³-hybridized carbons (Fsp3) is 1.00. The van der Waals surface area contributed by atoms with Gasteiger partial charge in [-0.3, -0.25) is 0 Å². The molecule has 0 aromatic carbocycles. The monoisotopic (exact) mass is 200 g/mol. The molecule has 0 amide bonds. The van der Waals surface area contributed by atoms with E-state index in [1.54, 1.807) is 0 Å². The highest BCUT2D eigenvalue weighted by molar-refractivity contribution is 4.80. The molecule has 1 unspecified atom stereocenters. The first-order valence-corrected chi connectivity index (χ1v) is 5.73. The summed E-state index contributed by atoms with van der Waals surface area (Å²) in [6, 6.07) is 0. The Morgan fingerprint density at radius 3 is 2.64 bits per heavy atom. The molecule has 1 saturated heterocycles. The van der Waals surface area contributed by atoms with E-state index in [9.17, 15) is 0 Å². The fourth-order valence-electron chi connectivity index (χ4n) is 2.61. The minimum Gasteiger partial charge on any atom is -0.396 e. The fourth-order valence-corrected chi connectivity index (χ4v) is 2.61. The molecule has 1 atom stereocenters. The van der Waals surface area contributed by atoms with Crippen molar-refractivity contribution in [3.05, 3.63) is 0 Å². The van der Waals surface area contributed by atoms with Crippen molar-refractivity contribution in [1.82, 2.24) is 0 Å². The van der Waals surface area contributed by atoms with Gasteiger partial charge in [0.1, 0.15) is 0 Å². The zero-order chi connectivity index (χ0) is 9.86.